The standard InChI is InChI=1S/C36H52N2/c1-32(2,3)25-16-23(17-26(20-25)33(4,5)6)29-22-30(38-31(37-29)36(13,14)15)24-18-27(34(7,8)9)21-28(19-24)35(10,11)12/h16-22H,1-15H3. The van der Waals surface area contributed by atoms with Crippen LogP contribution in [-0.2, 0) is 27.1 Å². The highest BCUT2D eigenvalue weighted by Gasteiger charge is 2.26. The van der Waals surface area contributed by atoms with Gasteiger partial charge in [0.05, 0.1) is 11.4 Å². The normalized spacial score (nSPS) is 13.7. The fourth-order valence-electron chi connectivity index (χ4n) is 4.36. The van der Waals surface area contributed by atoms with E-state index in [2.05, 4.69) is 146 Å². The molecule has 0 N–H and O–H groups in total. The Kier molecular flexibility index (Phi) is 7.61. The third-order valence-electron chi connectivity index (χ3n) is 7.32. The molecule has 0 aliphatic rings. The van der Waals surface area contributed by atoms with Gasteiger partial charge in [0.1, 0.15) is 5.82 Å². The van der Waals surface area contributed by atoms with Crippen LogP contribution in [0, 0.1) is 0 Å². The summed E-state index contributed by atoms with van der Waals surface area (Å²) in [4.78, 5) is 10.4. The van der Waals surface area contributed by atoms with Gasteiger partial charge in [0.25, 0.3) is 0 Å². The lowest BCUT2D eigenvalue weighted by Crippen LogP contribution is -2.19. The Labute approximate surface area is 233 Å². The molecular formula is C36H52N2. The van der Waals surface area contributed by atoms with E-state index in [1.165, 1.54) is 33.4 Å². The number of hydrogen-bond donors (Lipinski definition) is 0. The maximum Gasteiger partial charge on any atom is 0.135 e. The Bertz CT molecular complexity index is 1150. The lowest BCUT2D eigenvalue weighted by atomic mass is 9.79. The van der Waals surface area contributed by atoms with Crippen molar-refractivity contribution in [3.63, 3.8) is 0 Å². The minimum atomic E-state index is -0.173. The molecular weight excluding hydrogens is 460 g/mol. The lowest BCUT2D eigenvalue weighted by Gasteiger charge is -2.27. The zero-order chi connectivity index (χ0) is 29.1. The first-order valence-electron chi connectivity index (χ1n) is 14.2. The molecule has 3 aromatic rings. The molecule has 0 bridgehead atoms. The van der Waals surface area contributed by atoms with Gasteiger partial charge in [0, 0.05) is 16.5 Å². The minimum Gasteiger partial charge on any atom is -0.232 e. The summed E-state index contributed by atoms with van der Waals surface area (Å²) in [6, 6.07) is 16.3. The Morgan fingerprint density at radius 2 is 0.605 bits per heavy atom. The molecule has 0 atom stereocenters. The molecule has 0 unspecified atom stereocenters. The van der Waals surface area contributed by atoms with E-state index in [0.29, 0.717) is 0 Å². The first kappa shape index (κ1) is 30.1. The summed E-state index contributed by atoms with van der Waals surface area (Å²) in [7, 11) is 0. The predicted molar refractivity (Wildman–Crippen MR) is 166 cm³/mol. The number of hydrogen-bond acceptors (Lipinski definition) is 2. The van der Waals surface area contributed by atoms with Gasteiger partial charge in [-0.1, -0.05) is 116 Å². The maximum absolute atomic E-state index is 5.18. The number of rotatable bonds is 2. The molecule has 206 valence electrons. The SMILES string of the molecule is CC(C)(C)c1cc(-c2cc(-c3cc(C(C)(C)C)cc(C(C)(C)C)c3)nc(C(C)(C)C)n2)cc(C(C)(C)C)c1. The van der Waals surface area contributed by atoms with Crippen molar-refractivity contribution in [1.82, 2.24) is 9.97 Å². The van der Waals surface area contributed by atoms with E-state index in [1.54, 1.807) is 0 Å². The molecule has 0 saturated carbocycles. The van der Waals surface area contributed by atoms with Crippen LogP contribution < -0.4 is 0 Å². The second-order valence-corrected chi connectivity index (χ2v) is 16.3. The van der Waals surface area contributed by atoms with E-state index < -0.39 is 0 Å². The molecule has 3 rings (SSSR count). The molecule has 0 fully saturated rings. The van der Waals surface area contributed by atoms with E-state index in [1.807, 2.05) is 0 Å². The molecule has 0 aliphatic carbocycles. The van der Waals surface area contributed by atoms with E-state index in [-0.39, 0.29) is 27.1 Å². The van der Waals surface area contributed by atoms with Gasteiger partial charge in [0.2, 0.25) is 0 Å². The van der Waals surface area contributed by atoms with Crippen molar-refractivity contribution in [2.45, 2.75) is 131 Å². The second-order valence-electron chi connectivity index (χ2n) is 16.3. The van der Waals surface area contributed by atoms with Crippen LogP contribution in [0.5, 0.6) is 0 Å². The van der Waals surface area contributed by atoms with Crippen molar-refractivity contribution in [2.75, 3.05) is 0 Å². The summed E-state index contributed by atoms with van der Waals surface area (Å²) in [5, 5.41) is 0. The summed E-state index contributed by atoms with van der Waals surface area (Å²) in [6.07, 6.45) is 0. The summed E-state index contributed by atoms with van der Waals surface area (Å²) in [5.41, 5.74) is 9.66. The Morgan fingerprint density at radius 3 is 0.816 bits per heavy atom. The Hall–Kier alpha value is -2.48. The first-order valence-corrected chi connectivity index (χ1v) is 14.2. The molecule has 0 spiro atoms. The summed E-state index contributed by atoms with van der Waals surface area (Å²) >= 11 is 0. The quantitative estimate of drug-likeness (QED) is 0.341. The van der Waals surface area contributed by atoms with Crippen molar-refractivity contribution < 1.29 is 0 Å². The van der Waals surface area contributed by atoms with Gasteiger partial charge < -0.3 is 0 Å². The molecule has 2 aromatic carbocycles. The zero-order valence-corrected chi connectivity index (χ0v) is 26.9. The van der Waals surface area contributed by atoms with Crippen LogP contribution in [0.2, 0.25) is 0 Å². The van der Waals surface area contributed by atoms with Crippen LogP contribution >= 0.6 is 0 Å². The van der Waals surface area contributed by atoms with E-state index in [0.717, 1.165) is 17.2 Å². The van der Waals surface area contributed by atoms with Gasteiger partial charge >= 0.3 is 0 Å². The van der Waals surface area contributed by atoms with Gasteiger partial charge in [-0.15, -0.1) is 0 Å². The smallest absolute Gasteiger partial charge is 0.135 e. The third kappa shape index (κ3) is 6.93. The molecule has 1 aromatic heterocycles. The third-order valence-corrected chi connectivity index (χ3v) is 7.32. The fourth-order valence-corrected chi connectivity index (χ4v) is 4.36. The Balaban J connectivity index is 2.39. The molecule has 1 heterocycles. The summed E-state index contributed by atoms with van der Waals surface area (Å²) in [6.45, 7) is 34.1. The number of nitrogens with zero attached hydrogens (tertiary/aromatic N) is 2. The first-order chi connectivity index (χ1) is 17.0. The van der Waals surface area contributed by atoms with Gasteiger partial charge in [-0.2, -0.15) is 0 Å². The molecule has 2 nitrogen and oxygen atoms in total. The van der Waals surface area contributed by atoms with Crippen molar-refractivity contribution in [1.29, 1.82) is 0 Å². The van der Waals surface area contributed by atoms with Crippen LogP contribution in [0.15, 0.2) is 42.5 Å². The highest BCUT2D eigenvalue weighted by Crippen LogP contribution is 2.37. The highest BCUT2D eigenvalue weighted by atomic mass is 14.9. The van der Waals surface area contributed by atoms with Crippen LogP contribution in [0.4, 0.5) is 0 Å². The van der Waals surface area contributed by atoms with Crippen LogP contribution in [0.3, 0.4) is 0 Å². The van der Waals surface area contributed by atoms with Crippen LogP contribution in [0.1, 0.15) is 132 Å². The van der Waals surface area contributed by atoms with Crippen molar-refractivity contribution in [3.8, 4) is 22.5 Å². The molecule has 0 saturated heterocycles. The van der Waals surface area contributed by atoms with Gasteiger partial charge in [-0.3, -0.25) is 0 Å². The molecule has 38 heavy (non-hydrogen) atoms. The molecule has 0 aliphatic heterocycles. The monoisotopic (exact) mass is 512 g/mol. The van der Waals surface area contributed by atoms with Gasteiger partial charge in [-0.25, -0.2) is 9.97 Å². The van der Waals surface area contributed by atoms with Crippen molar-refractivity contribution in [2.24, 2.45) is 0 Å². The average molecular weight is 513 g/mol. The number of aromatic nitrogens is 2. The summed E-state index contributed by atoms with van der Waals surface area (Å²) in [5.74, 6) is 0.877. The highest BCUT2D eigenvalue weighted by molar-refractivity contribution is 5.71. The Morgan fingerprint density at radius 1 is 0.342 bits per heavy atom. The van der Waals surface area contributed by atoms with Crippen molar-refractivity contribution >= 4 is 0 Å². The second kappa shape index (κ2) is 9.61. The molecule has 0 radical (unpaired) electrons. The zero-order valence-electron chi connectivity index (χ0n) is 26.9. The lowest BCUT2D eigenvalue weighted by molar-refractivity contribution is 0.546. The summed E-state index contributed by atoms with van der Waals surface area (Å²) < 4.78 is 0. The van der Waals surface area contributed by atoms with E-state index >= 15 is 0 Å². The largest absolute Gasteiger partial charge is 0.232 e. The number of benzene rings is 2. The van der Waals surface area contributed by atoms with Crippen LogP contribution in [0.25, 0.3) is 22.5 Å². The fraction of sp³-hybridized carbons (Fsp3) is 0.556. The van der Waals surface area contributed by atoms with Crippen LogP contribution in [-0.4, -0.2) is 9.97 Å². The molecule has 2 heteroatoms. The topological polar surface area (TPSA) is 25.8 Å². The maximum atomic E-state index is 5.18. The van der Waals surface area contributed by atoms with E-state index in [4.69, 9.17) is 9.97 Å². The minimum absolute atomic E-state index is 0.0430. The van der Waals surface area contributed by atoms with Gasteiger partial charge in [-0.05, 0) is 74.2 Å². The predicted octanol–water partition coefficient (Wildman–Crippen LogP) is 10.3. The van der Waals surface area contributed by atoms with E-state index in [9.17, 15) is 0 Å². The average Bonchev–Trinajstić information content (AvgIpc) is 2.75. The van der Waals surface area contributed by atoms with Gasteiger partial charge in [0.15, 0.2) is 0 Å². The van der Waals surface area contributed by atoms with Crippen molar-refractivity contribution in [3.05, 3.63) is 70.5 Å². The molecule has 0 amide bonds.